The van der Waals surface area contributed by atoms with Crippen molar-refractivity contribution in [3.63, 3.8) is 0 Å². The lowest BCUT2D eigenvalue weighted by Crippen LogP contribution is -2.43. The minimum Gasteiger partial charge on any atom is -0.480 e. The van der Waals surface area contributed by atoms with Gasteiger partial charge in [0.15, 0.2) is 0 Å². The largest absolute Gasteiger partial charge is 0.480 e. The molecule has 0 spiro atoms. The number of ether oxygens (including phenoxy) is 2. The highest BCUT2D eigenvalue weighted by molar-refractivity contribution is 5.91. The number of hydrogen-bond acceptors (Lipinski definition) is 5. The van der Waals surface area contributed by atoms with Gasteiger partial charge in [-0.2, -0.15) is 0 Å². The molecule has 0 aromatic heterocycles. The maximum Gasteiger partial charge on any atom is 0.407 e. The monoisotopic (exact) mass is 445 g/mol. The minimum atomic E-state index is -1.27. The molecule has 33 heavy (non-hydrogen) atoms. The molecular weight excluding hydrogens is 422 g/mol. The summed E-state index contributed by atoms with van der Waals surface area (Å²) in [6, 6.07) is 21.1. The number of carboxylic acids is 1. The molecule has 1 amide bonds. The summed E-state index contributed by atoms with van der Waals surface area (Å²) in [7, 11) is 1.25. The lowest BCUT2D eigenvalue weighted by molar-refractivity contribution is -0.139. The Labute approximate surface area is 191 Å². The van der Waals surface area contributed by atoms with Crippen LogP contribution in [-0.2, 0) is 20.7 Å². The second kappa shape index (κ2) is 9.56. The Morgan fingerprint density at radius 2 is 1.48 bits per heavy atom. The van der Waals surface area contributed by atoms with Crippen molar-refractivity contribution in [2.24, 2.45) is 0 Å². The fourth-order valence-corrected chi connectivity index (χ4v) is 4.21. The molecule has 0 bridgehead atoms. The predicted molar refractivity (Wildman–Crippen MR) is 121 cm³/mol. The van der Waals surface area contributed by atoms with E-state index in [4.69, 9.17) is 9.47 Å². The highest BCUT2D eigenvalue weighted by Crippen LogP contribution is 2.44. The van der Waals surface area contributed by atoms with Gasteiger partial charge in [0.1, 0.15) is 12.6 Å². The molecule has 0 heterocycles. The molecule has 0 radical (unpaired) electrons. The summed E-state index contributed by atoms with van der Waals surface area (Å²) in [6.45, 7) is 0.0744. The van der Waals surface area contributed by atoms with Crippen LogP contribution in [0.2, 0.25) is 0 Å². The number of hydrogen-bond donors (Lipinski definition) is 2. The Bertz CT molecular complexity index is 1160. The summed E-state index contributed by atoms with van der Waals surface area (Å²) in [6.07, 6.45) is -0.926. The standard InChI is InChI=1S/C26H23NO6/c1-32-25(30)17-9-3-2-8-16(17)14-23(24(28)29)27-26(31)33-15-22-20-12-6-4-10-18(20)19-11-5-7-13-21(19)22/h2-13,22-23H,14-15H2,1H3,(H,27,31)(H,28,29). The molecule has 3 aromatic carbocycles. The number of benzene rings is 3. The molecule has 4 rings (SSSR count). The van der Waals surface area contributed by atoms with Gasteiger partial charge in [0, 0.05) is 12.3 Å². The van der Waals surface area contributed by atoms with E-state index in [-0.39, 0.29) is 24.5 Å². The van der Waals surface area contributed by atoms with Crippen molar-refractivity contribution in [1.29, 1.82) is 0 Å². The first-order valence-corrected chi connectivity index (χ1v) is 10.5. The zero-order chi connectivity index (χ0) is 23.4. The number of amides is 1. The number of carbonyl (C=O) groups excluding carboxylic acids is 2. The van der Waals surface area contributed by atoms with Crippen LogP contribution in [0.5, 0.6) is 0 Å². The van der Waals surface area contributed by atoms with Crippen molar-refractivity contribution in [1.82, 2.24) is 5.32 Å². The van der Waals surface area contributed by atoms with Gasteiger partial charge >= 0.3 is 18.0 Å². The van der Waals surface area contributed by atoms with Crippen LogP contribution in [0.4, 0.5) is 4.79 Å². The Balaban J connectivity index is 1.45. The van der Waals surface area contributed by atoms with Gasteiger partial charge in [0.2, 0.25) is 0 Å². The third-order valence-corrected chi connectivity index (χ3v) is 5.78. The topological polar surface area (TPSA) is 102 Å². The van der Waals surface area contributed by atoms with Crippen LogP contribution in [0.15, 0.2) is 72.8 Å². The molecule has 1 aliphatic rings. The maximum atomic E-state index is 12.5. The van der Waals surface area contributed by atoms with Crippen LogP contribution in [0, 0.1) is 0 Å². The first-order chi connectivity index (χ1) is 16.0. The van der Waals surface area contributed by atoms with E-state index >= 15 is 0 Å². The Kier molecular flexibility index (Phi) is 6.40. The highest BCUT2D eigenvalue weighted by Gasteiger charge is 2.30. The van der Waals surface area contributed by atoms with Gasteiger partial charge in [-0.05, 0) is 33.9 Å². The van der Waals surface area contributed by atoms with E-state index in [1.54, 1.807) is 24.3 Å². The predicted octanol–water partition coefficient (Wildman–Crippen LogP) is 4.01. The summed E-state index contributed by atoms with van der Waals surface area (Å²) in [4.78, 5) is 36.3. The van der Waals surface area contributed by atoms with E-state index in [0.717, 1.165) is 22.3 Å². The molecule has 2 N–H and O–H groups in total. The summed E-state index contributed by atoms with van der Waals surface area (Å²) < 4.78 is 10.2. The number of methoxy groups -OCH3 is 1. The van der Waals surface area contributed by atoms with E-state index in [9.17, 15) is 19.5 Å². The van der Waals surface area contributed by atoms with Crippen molar-refractivity contribution < 1.29 is 29.0 Å². The normalized spacial score (nSPS) is 12.9. The molecule has 1 unspecified atom stereocenters. The first-order valence-electron chi connectivity index (χ1n) is 10.5. The molecular formula is C26H23NO6. The molecule has 0 saturated carbocycles. The average molecular weight is 445 g/mol. The van der Waals surface area contributed by atoms with Crippen LogP contribution >= 0.6 is 0 Å². The smallest absolute Gasteiger partial charge is 0.407 e. The first kappa shape index (κ1) is 22.1. The van der Waals surface area contributed by atoms with Crippen LogP contribution < -0.4 is 5.32 Å². The molecule has 168 valence electrons. The molecule has 0 saturated heterocycles. The van der Waals surface area contributed by atoms with Crippen LogP contribution in [0.1, 0.15) is 33.0 Å². The van der Waals surface area contributed by atoms with E-state index < -0.39 is 24.1 Å². The minimum absolute atomic E-state index is 0.0744. The third kappa shape index (κ3) is 4.57. The van der Waals surface area contributed by atoms with Gasteiger partial charge in [-0.15, -0.1) is 0 Å². The Hall–Kier alpha value is -4.13. The molecule has 7 nitrogen and oxygen atoms in total. The SMILES string of the molecule is COC(=O)c1ccccc1CC(NC(=O)OCC1c2ccccc2-c2ccccc21)C(=O)O. The van der Waals surface area contributed by atoms with E-state index in [1.165, 1.54) is 7.11 Å². The molecule has 0 aliphatic heterocycles. The maximum absolute atomic E-state index is 12.5. The van der Waals surface area contributed by atoms with E-state index in [2.05, 4.69) is 5.32 Å². The lowest BCUT2D eigenvalue weighted by atomic mass is 9.98. The lowest BCUT2D eigenvalue weighted by Gasteiger charge is -2.18. The Morgan fingerprint density at radius 3 is 2.09 bits per heavy atom. The van der Waals surface area contributed by atoms with Crippen LogP contribution in [-0.4, -0.2) is 42.9 Å². The number of nitrogens with one attached hydrogen (secondary N) is 1. The number of aliphatic carboxylic acids is 1. The second-order valence-electron chi connectivity index (χ2n) is 7.71. The van der Waals surface area contributed by atoms with Crippen LogP contribution in [0.25, 0.3) is 11.1 Å². The fraction of sp³-hybridized carbons (Fsp3) is 0.192. The summed E-state index contributed by atoms with van der Waals surface area (Å²) >= 11 is 0. The molecule has 7 heteroatoms. The number of alkyl carbamates (subject to hydrolysis) is 1. The molecule has 3 aromatic rings. The second-order valence-corrected chi connectivity index (χ2v) is 7.71. The van der Waals surface area contributed by atoms with Crippen LogP contribution in [0.3, 0.4) is 0 Å². The van der Waals surface area contributed by atoms with Gasteiger partial charge in [0.25, 0.3) is 0 Å². The summed E-state index contributed by atoms with van der Waals surface area (Å²) in [5, 5.41) is 12.0. The van der Waals surface area contributed by atoms with E-state index in [1.807, 2.05) is 48.5 Å². The summed E-state index contributed by atoms with van der Waals surface area (Å²) in [5.41, 5.74) is 5.03. The zero-order valence-corrected chi connectivity index (χ0v) is 18.0. The number of carboxylic acid groups (broad SMARTS) is 1. The number of rotatable bonds is 7. The Morgan fingerprint density at radius 1 is 0.909 bits per heavy atom. The van der Waals surface area contributed by atoms with Crippen molar-refractivity contribution in [2.45, 2.75) is 18.4 Å². The van der Waals surface area contributed by atoms with Gasteiger partial charge in [-0.1, -0.05) is 66.7 Å². The van der Waals surface area contributed by atoms with Crippen molar-refractivity contribution in [2.75, 3.05) is 13.7 Å². The summed E-state index contributed by atoms with van der Waals surface area (Å²) in [5.74, 6) is -1.94. The van der Waals surface area contributed by atoms with Gasteiger partial charge in [-0.25, -0.2) is 14.4 Å². The average Bonchev–Trinajstić information content (AvgIpc) is 3.16. The quantitative estimate of drug-likeness (QED) is 0.533. The number of esters is 1. The fourth-order valence-electron chi connectivity index (χ4n) is 4.21. The van der Waals surface area contributed by atoms with Crippen molar-refractivity contribution >= 4 is 18.0 Å². The van der Waals surface area contributed by atoms with E-state index in [0.29, 0.717) is 5.56 Å². The zero-order valence-electron chi connectivity index (χ0n) is 18.0. The van der Waals surface area contributed by atoms with Crippen molar-refractivity contribution in [3.8, 4) is 11.1 Å². The highest BCUT2D eigenvalue weighted by atomic mass is 16.5. The molecule has 1 atom stereocenters. The van der Waals surface area contributed by atoms with Gasteiger partial charge in [-0.3, -0.25) is 0 Å². The van der Waals surface area contributed by atoms with Gasteiger partial charge in [0.05, 0.1) is 12.7 Å². The third-order valence-electron chi connectivity index (χ3n) is 5.78. The molecule has 0 fully saturated rings. The number of carbonyl (C=O) groups is 3. The number of fused-ring (bicyclic) bond motifs is 3. The van der Waals surface area contributed by atoms with Gasteiger partial charge < -0.3 is 19.9 Å². The molecule has 1 aliphatic carbocycles. The van der Waals surface area contributed by atoms with Crippen molar-refractivity contribution in [3.05, 3.63) is 95.1 Å².